The molecule has 1 fully saturated rings. The van der Waals surface area contributed by atoms with E-state index < -0.39 is 35.9 Å². The Labute approximate surface area is 152 Å². The third-order valence-corrected chi connectivity index (χ3v) is 4.65. The Balaban J connectivity index is 2.19. The van der Waals surface area contributed by atoms with Crippen LogP contribution < -0.4 is 11.1 Å². The molecule has 3 unspecified atom stereocenters. The van der Waals surface area contributed by atoms with Gasteiger partial charge in [-0.25, -0.2) is 4.79 Å². The van der Waals surface area contributed by atoms with Crippen molar-refractivity contribution in [2.45, 2.75) is 37.4 Å². The van der Waals surface area contributed by atoms with E-state index >= 15 is 0 Å². The number of aliphatic carboxylic acids is 1. The summed E-state index contributed by atoms with van der Waals surface area (Å²) in [7, 11) is 0. The van der Waals surface area contributed by atoms with E-state index in [-0.39, 0.29) is 12.2 Å². The van der Waals surface area contributed by atoms with E-state index in [1.807, 2.05) is 30.3 Å². The van der Waals surface area contributed by atoms with E-state index in [1.54, 1.807) is 0 Å². The van der Waals surface area contributed by atoms with Gasteiger partial charge in [-0.2, -0.15) is 12.6 Å². The van der Waals surface area contributed by atoms with Crippen LogP contribution in [0.3, 0.4) is 0 Å². The minimum atomic E-state index is -1.03. The molecule has 25 heavy (non-hydrogen) atoms. The van der Waals surface area contributed by atoms with Crippen molar-refractivity contribution < 1.29 is 19.5 Å². The van der Waals surface area contributed by atoms with Gasteiger partial charge in [-0.05, 0) is 18.4 Å². The quantitative estimate of drug-likeness (QED) is 0.510. The number of amides is 2. The fourth-order valence-electron chi connectivity index (χ4n) is 2.90. The molecule has 2 rings (SSSR count). The van der Waals surface area contributed by atoms with Gasteiger partial charge in [-0.3, -0.25) is 9.59 Å². The standard InChI is InChI=1S/C17H23N3O4S/c18-12(10-25)15(21)19-13(9-11-5-2-1-3-6-11)16(22)20-8-4-7-14(20)17(23)24/h1-3,5-6,12-14,25H,4,7-10,18H2,(H,19,21)(H,23,24). The molecule has 0 saturated carbocycles. The van der Waals surface area contributed by atoms with E-state index in [9.17, 15) is 19.5 Å². The van der Waals surface area contributed by atoms with Gasteiger partial charge < -0.3 is 21.1 Å². The predicted molar refractivity (Wildman–Crippen MR) is 96.3 cm³/mol. The first-order chi connectivity index (χ1) is 11.9. The summed E-state index contributed by atoms with van der Waals surface area (Å²) in [6.45, 7) is 0.371. The van der Waals surface area contributed by atoms with E-state index in [0.29, 0.717) is 19.4 Å². The highest BCUT2D eigenvalue weighted by Gasteiger charge is 2.37. The van der Waals surface area contributed by atoms with Gasteiger partial charge in [0, 0.05) is 18.7 Å². The van der Waals surface area contributed by atoms with Gasteiger partial charge in [-0.1, -0.05) is 30.3 Å². The van der Waals surface area contributed by atoms with Crippen LogP contribution in [0.1, 0.15) is 18.4 Å². The van der Waals surface area contributed by atoms with E-state index in [2.05, 4.69) is 17.9 Å². The van der Waals surface area contributed by atoms with Gasteiger partial charge in [0.1, 0.15) is 12.1 Å². The first-order valence-electron chi connectivity index (χ1n) is 8.18. The predicted octanol–water partition coefficient (Wildman–Crippen LogP) is 0.0466. The average molecular weight is 365 g/mol. The third kappa shape index (κ3) is 4.96. The van der Waals surface area contributed by atoms with Crippen molar-refractivity contribution in [2.75, 3.05) is 12.3 Å². The number of nitrogens with zero attached hydrogens (tertiary/aromatic N) is 1. The fraction of sp³-hybridized carbons (Fsp3) is 0.471. The average Bonchev–Trinajstić information content (AvgIpc) is 3.10. The van der Waals surface area contributed by atoms with Crippen molar-refractivity contribution >= 4 is 30.4 Å². The third-order valence-electron chi connectivity index (χ3n) is 4.25. The molecule has 4 N–H and O–H groups in total. The lowest BCUT2D eigenvalue weighted by molar-refractivity contribution is -0.149. The van der Waals surface area contributed by atoms with E-state index in [4.69, 9.17) is 5.73 Å². The van der Waals surface area contributed by atoms with Crippen molar-refractivity contribution in [1.29, 1.82) is 0 Å². The zero-order valence-electron chi connectivity index (χ0n) is 13.8. The lowest BCUT2D eigenvalue weighted by atomic mass is 10.0. The number of carboxylic acid groups (broad SMARTS) is 1. The van der Waals surface area contributed by atoms with Crippen LogP contribution in [0, 0.1) is 0 Å². The fourth-order valence-corrected chi connectivity index (χ4v) is 3.06. The summed E-state index contributed by atoms with van der Waals surface area (Å²) >= 11 is 4.00. The first-order valence-corrected chi connectivity index (χ1v) is 8.81. The molecule has 0 radical (unpaired) electrons. The Kier molecular flexibility index (Phi) is 6.83. The van der Waals surface area contributed by atoms with Crippen LogP contribution in [-0.4, -0.2) is 58.2 Å². The van der Waals surface area contributed by atoms with Gasteiger partial charge in [0.2, 0.25) is 11.8 Å². The second-order valence-corrected chi connectivity index (χ2v) is 6.43. The lowest BCUT2D eigenvalue weighted by Gasteiger charge is -2.28. The molecule has 0 spiro atoms. The smallest absolute Gasteiger partial charge is 0.326 e. The molecule has 2 amide bonds. The molecule has 1 heterocycles. The van der Waals surface area contributed by atoms with Crippen LogP contribution in [0.5, 0.6) is 0 Å². The Hall–Kier alpha value is -2.06. The van der Waals surface area contributed by atoms with Gasteiger partial charge in [0.05, 0.1) is 6.04 Å². The number of hydrogen-bond acceptors (Lipinski definition) is 5. The molecule has 1 aromatic rings. The molecule has 136 valence electrons. The number of rotatable bonds is 7. The number of nitrogens with one attached hydrogen (secondary N) is 1. The second kappa shape index (κ2) is 8.87. The van der Waals surface area contributed by atoms with Crippen molar-refractivity contribution in [3.05, 3.63) is 35.9 Å². The summed E-state index contributed by atoms with van der Waals surface area (Å²) in [5.41, 5.74) is 6.55. The largest absolute Gasteiger partial charge is 0.480 e. The zero-order valence-corrected chi connectivity index (χ0v) is 14.7. The number of thiol groups is 1. The molecule has 0 aliphatic carbocycles. The second-order valence-electron chi connectivity index (χ2n) is 6.07. The Morgan fingerprint density at radius 2 is 2.00 bits per heavy atom. The maximum Gasteiger partial charge on any atom is 0.326 e. The molecular formula is C17H23N3O4S. The molecule has 1 aliphatic rings. The number of nitrogens with two attached hydrogens (primary N) is 1. The summed E-state index contributed by atoms with van der Waals surface area (Å²) in [5, 5.41) is 12.0. The number of hydrogen-bond donors (Lipinski definition) is 4. The molecular weight excluding hydrogens is 342 g/mol. The van der Waals surface area contributed by atoms with Crippen molar-refractivity contribution in [3.8, 4) is 0 Å². The monoisotopic (exact) mass is 365 g/mol. The molecule has 1 aliphatic heterocycles. The number of benzene rings is 1. The van der Waals surface area contributed by atoms with Crippen LogP contribution >= 0.6 is 12.6 Å². The molecule has 1 aromatic carbocycles. The van der Waals surface area contributed by atoms with Gasteiger partial charge in [-0.15, -0.1) is 0 Å². The highest BCUT2D eigenvalue weighted by Crippen LogP contribution is 2.19. The number of carbonyl (C=O) groups is 3. The summed E-state index contributed by atoms with van der Waals surface area (Å²) in [5.74, 6) is -1.74. The molecule has 3 atom stereocenters. The maximum atomic E-state index is 12.9. The van der Waals surface area contributed by atoms with E-state index in [1.165, 1.54) is 4.90 Å². The van der Waals surface area contributed by atoms with Crippen molar-refractivity contribution in [1.82, 2.24) is 10.2 Å². The van der Waals surface area contributed by atoms with Crippen LogP contribution in [-0.2, 0) is 20.8 Å². The number of likely N-dealkylation sites (tertiary alicyclic amines) is 1. The van der Waals surface area contributed by atoms with Crippen LogP contribution in [0.4, 0.5) is 0 Å². The molecule has 0 aromatic heterocycles. The molecule has 8 heteroatoms. The summed E-state index contributed by atoms with van der Waals surface area (Å²) in [6, 6.07) is 6.71. The molecule has 1 saturated heterocycles. The normalized spacial score (nSPS) is 19.3. The highest BCUT2D eigenvalue weighted by molar-refractivity contribution is 7.80. The highest BCUT2D eigenvalue weighted by atomic mass is 32.1. The SMILES string of the molecule is NC(CS)C(=O)NC(Cc1ccccc1)C(=O)N1CCCC1C(=O)O. The van der Waals surface area contributed by atoms with Crippen LogP contribution in [0.15, 0.2) is 30.3 Å². The summed E-state index contributed by atoms with van der Waals surface area (Å²) < 4.78 is 0. The van der Waals surface area contributed by atoms with Gasteiger partial charge >= 0.3 is 5.97 Å². The minimum Gasteiger partial charge on any atom is -0.480 e. The zero-order chi connectivity index (χ0) is 18.4. The Morgan fingerprint density at radius 3 is 2.60 bits per heavy atom. The molecule has 0 bridgehead atoms. The minimum absolute atomic E-state index is 0.152. The number of carbonyl (C=O) groups excluding carboxylic acids is 2. The van der Waals surface area contributed by atoms with Crippen molar-refractivity contribution in [3.63, 3.8) is 0 Å². The topological polar surface area (TPSA) is 113 Å². The summed E-state index contributed by atoms with van der Waals surface area (Å²) in [4.78, 5) is 37.7. The van der Waals surface area contributed by atoms with Crippen LogP contribution in [0.2, 0.25) is 0 Å². The first kappa shape index (κ1) is 19.3. The summed E-state index contributed by atoms with van der Waals surface area (Å²) in [6.07, 6.45) is 1.32. The lowest BCUT2D eigenvalue weighted by Crippen LogP contribution is -2.55. The van der Waals surface area contributed by atoms with Gasteiger partial charge in [0.15, 0.2) is 0 Å². The maximum absolute atomic E-state index is 12.9. The number of carboxylic acids is 1. The Morgan fingerprint density at radius 1 is 1.32 bits per heavy atom. The van der Waals surface area contributed by atoms with Crippen molar-refractivity contribution in [2.24, 2.45) is 5.73 Å². The van der Waals surface area contributed by atoms with Gasteiger partial charge in [0.25, 0.3) is 0 Å². The Bertz CT molecular complexity index is 626. The molecule has 7 nitrogen and oxygen atoms in total. The van der Waals surface area contributed by atoms with Crippen LogP contribution in [0.25, 0.3) is 0 Å². The van der Waals surface area contributed by atoms with E-state index in [0.717, 1.165) is 5.56 Å².